The number of fused-ring (bicyclic) bond motifs is 1. The van der Waals surface area contributed by atoms with Crippen LogP contribution in [0.15, 0.2) is 36.4 Å². The van der Waals surface area contributed by atoms with Gasteiger partial charge in [0.05, 0.1) is 7.11 Å². The van der Waals surface area contributed by atoms with Crippen molar-refractivity contribution in [2.24, 2.45) is 0 Å². The standard InChI is InChI=1S/C21H23NO4/c1-4-5-10-26-21(24)20-13(2)19-17(22-20)11-15(12-18(19)23)14-6-8-16(25-3)9-7-14/h4-9,15,22H,10-12H2,1-3H3/b5-4+/t15-/m1/s1. The van der Waals surface area contributed by atoms with Gasteiger partial charge in [-0.3, -0.25) is 4.79 Å². The van der Waals surface area contributed by atoms with Crippen molar-refractivity contribution in [3.05, 3.63) is 64.5 Å². The summed E-state index contributed by atoms with van der Waals surface area (Å²) >= 11 is 0. The topological polar surface area (TPSA) is 68.4 Å². The highest BCUT2D eigenvalue weighted by Crippen LogP contribution is 2.35. The number of benzene rings is 1. The van der Waals surface area contributed by atoms with Crippen molar-refractivity contribution in [3.8, 4) is 5.75 Å². The number of esters is 1. The molecule has 1 aromatic carbocycles. The summed E-state index contributed by atoms with van der Waals surface area (Å²) < 4.78 is 10.4. The van der Waals surface area contributed by atoms with E-state index in [1.54, 1.807) is 20.1 Å². The van der Waals surface area contributed by atoms with Crippen molar-refractivity contribution in [1.29, 1.82) is 0 Å². The van der Waals surface area contributed by atoms with Crippen molar-refractivity contribution in [1.82, 2.24) is 4.98 Å². The predicted molar refractivity (Wildman–Crippen MR) is 99.0 cm³/mol. The minimum atomic E-state index is -0.427. The van der Waals surface area contributed by atoms with Crippen LogP contribution in [0.5, 0.6) is 5.75 Å². The first-order chi connectivity index (χ1) is 12.5. The van der Waals surface area contributed by atoms with E-state index < -0.39 is 5.97 Å². The number of carbonyl (C=O) groups is 2. The van der Waals surface area contributed by atoms with E-state index in [0.717, 1.165) is 17.0 Å². The summed E-state index contributed by atoms with van der Waals surface area (Å²) in [6, 6.07) is 7.78. The Balaban J connectivity index is 1.84. The van der Waals surface area contributed by atoms with Crippen LogP contribution in [0.2, 0.25) is 0 Å². The third kappa shape index (κ3) is 3.43. The van der Waals surface area contributed by atoms with Crippen LogP contribution in [0.4, 0.5) is 0 Å². The summed E-state index contributed by atoms with van der Waals surface area (Å²) in [7, 11) is 1.63. The number of H-pyrrole nitrogens is 1. The highest BCUT2D eigenvalue weighted by atomic mass is 16.5. The van der Waals surface area contributed by atoms with Gasteiger partial charge in [-0.15, -0.1) is 0 Å². The van der Waals surface area contributed by atoms with Crippen molar-refractivity contribution in [2.45, 2.75) is 32.6 Å². The van der Waals surface area contributed by atoms with Crippen LogP contribution in [0.25, 0.3) is 0 Å². The molecule has 1 N–H and O–H groups in total. The van der Waals surface area contributed by atoms with E-state index in [1.165, 1.54) is 0 Å². The number of aromatic nitrogens is 1. The van der Waals surface area contributed by atoms with Gasteiger partial charge in [0, 0.05) is 17.7 Å². The van der Waals surface area contributed by atoms with Crippen molar-refractivity contribution >= 4 is 11.8 Å². The second kappa shape index (κ2) is 7.60. The minimum absolute atomic E-state index is 0.0633. The highest BCUT2D eigenvalue weighted by molar-refractivity contribution is 6.03. The Labute approximate surface area is 153 Å². The van der Waals surface area contributed by atoms with Gasteiger partial charge in [-0.1, -0.05) is 24.3 Å². The van der Waals surface area contributed by atoms with Crippen LogP contribution in [0.3, 0.4) is 0 Å². The Hall–Kier alpha value is -2.82. The van der Waals surface area contributed by atoms with Gasteiger partial charge in [0.15, 0.2) is 5.78 Å². The smallest absolute Gasteiger partial charge is 0.355 e. The lowest BCUT2D eigenvalue weighted by Gasteiger charge is -2.22. The normalized spacial score (nSPS) is 16.6. The van der Waals surface area contributed by atoms with Crippen molar-refractivity contribution < 1.29 is 19.1 Å². The van der Waals surface area contributed by atoms with Crippen LogP contribution >= 0.6 is 0 Å². The van der Waals surface area contributed by atoms with Gasteiger partial charge in [-0.05, 0) is 49.4 Å². The second-order valence-corrected chi connectivity index (χ2v) is 6.45. The summed E-state index contributed by atoms with van der Waals surface area (Å²) in [5.74, 6) is 0.515. The number of Topliss-reactive ketones (excluding diaryl/α,β-unsaturated/α-hetero) is 1. The summed E-state index contributed by atoms with van der Waals surface area (Å²) in [5, 5.41) is 0. The maximum Gasteiger partial charge on any atom is 0.355 e. The molecule has 136 valence electrons. The number of allylic oxidation sites excluding steroid dienone is 1. The molecule has 0 aliphatic heterocycles. The molecule has 2 aromatic rings. The van der Waals surface area contributed by atoms with Crippen molar-refractivity contribution in [2.75, 3.05) is 13.7 Å². The van der Waals surface area contributed by atoms with Gasteiger partial charge in [-0.25, -0.2) is 4.79 Å². The zero-order valence-electron chi connectivity index (χ0n) is 15.3. The van der Waals surface area contributed by atoms with Crippen LogP contribution in [0.1, 0.15) is 56.9 Å². The molecule has 1 atom stereocenters. The fourth-order valence-electron chi connectivity index (χ4n) is 3.44. The van der Waals surface area contributed by atoms with Gasteiger partial charge in [0.25, 0.3) is 0 Å². The maximum absolute atomic E-state index is 12.7. The molecule has 3 rings (SSSR count). The number of hydrogen-bond donors (Lipinski definition) is 1. The molecule has 0 saturated carbocycles. The molecular weight excluding hydrogens is 330 g/mol. The molecule has 0 radical (unpaired) electrons. The quantitative estimate of drug-likeness (QED) is 0.652. The molecular formula is C21H23NO4. The fraction of sp³-hybridized carbons (Fsp3) is 0.333. The van der Waals surface area contributed by atoms with Crippen LogP contribution < -0.4 is 4.74 Å². The Kier molecular flexibility index (Phi) is 5.26. The van der Waals surface area contributed by atoms with Gasteiger partial charge < -0.3 is 14.5 Å². The maximum atomic E-state index is 12.7. The molecule has 0 fully saturated rings. The Bertz CT molecular complexity index is 846. The van der Waals surface area contributed by atoms with Gasteiger partial charge in [-0.2, -0.15) is 0 Å². The molecule has 1 aliphatic carbocycles. The van der Waals surface area contributed by atoms with Crippen LogP contribution in [0, 0.1) is 6.92 Å². The van der Waals surface area contributed by atoms with Crippen LogP contribution in [-0.4, -0.2) is 30.5 Å². The number of rotatable bonds is 5. The summed E-state index contributed by atoms with van der Waals surface area (Å²) in [6.45, 7) is 3.89. The molecule has 0 unspecified atom stereocenters. The summed E-state index contributed by atoms with van der Waals surface area (Å²) in [4.78, 5) is 28.1. The Morgan fingerprint density at radius 3 is 2.65 bits per heavy atom. The van der Waals surface area contributed by atoms with Gasteiger partial charge in [0.2, 0.25) is 0 Å². The number of ketones is 1. The Morgan fingerprint density at radius 1 is 1.27 bits per heavy atom. The zero-order valence-corrected chi connectivity index (χ0v) is 15.3. The lowest BCUT2D eigenvalue weighted by atomic mass is 9.81. The molecule has 0 bridgehead atoms. The molecule has 5 heteroatoms. The predicted octanol–water partition coefficient (Wildman–Crippen LogP) is 3.98. The van der Waals surface area contributed by atoms with Crippen molar-refractivity contribution in [3.63, 3.8) is 0 Å². The number of aromatic amines is 1. The largest absolute Gasteiger partial charge is 0.497 e. The third-order valence-electron chi connectivity index (χ3n) is 4.83. The van der Waals surface area contributed by atoms with E-state index in [0.29, 0.717) is 29.7 Å². The summed E-state index contributed by atoms with van der Waals surface area (Å²) in [6.07, 6.45) is 4.71. The monoisotopic (exact) mass is 353 g/mol. The molecule has 1 aromatic heterocycles. The van der Waals surface area contributed by atoms with E-state index in [2.05, 4.69) is 4.98 Å². The fourth-order valence-corrected chi connectivity index (χ4v) is 3.44. The lowest BCUT2D eigenvalue weighted by molar-refractivity contribution is 0.0542. The minimum Gasteiger partial charge on any atom is -0.497 e. The number of nitrogens with one attached hydrogen (secondary N) is 1. The first-order valence-corrected chi connectivity index (χ1v) is 8.72. The number of carbonyl (C=O) groups excluding carboxylic acids is 2. The first-order valence-electron chi connectivity index (χ1n) is 8.72. The van der Waals surface area contributed by atoms with Crippen LogP contribution in [-0.2, 0) is 11.2 Å². The first kappa shape index (κ1) is 18.0. The molecule has 26 heavy (non-hydrogen) atoms. The van der Waals surface area contributed by atoms with Gasteiger partial charge >= 0.3 is 5.97 Å². The average molecular weight is 353 g/mol. The van der Waals surface area contributed by atoms with E-state index >= 15 is 0 Å². The highest BCUT2D eigenvalue weighted by Gasteiger charge is 2.32. The van der Waals surface area contributed by atoms with E-state index in [4.69, 9.17) is 9.47 Å². The third-order valence-corrected chi connectivity index (χ3v) is 4.83. The molecule has 0 saturated heterocycles. The van der Waals surface area contributed by atoms with E-state index in [1.807, 2.05) is 37.3 Å². The Morgan fingerprint density at radius 2 is 2.00 bits per heavy atom. The lowest BCUT2D eigenvalue weighted by Crippen LogP contribution is -2.18. The second-order valence-electron chi connectivity index (χ2n) is 6.45. The van der Waals surface area contributed by atoms with E-state index in [-0.39, 0.29) is 18.3 Å². The zero-order chi connectivity index (χ0) is 18.7. The average Bonchev–Trinajstić information content (AvgIpc) is 2.99. The molecule has 5 nitrogen and oxygen atoms in total. The molecule has 1 aliphatic rings. The molecule has 0 amide bonds. The number of hydrogen-bond acceptors (Lipinski definition) is 4. The summed E-state index contributed by atoms with van der Waals surface area (Å²) in [5.41, 5.74) is 3.62. The number of ether oxygens (including phenoxy) is 2. The number of methoxy groups -OCH3 is 1. The van der Waals surface area contributed by atoms with Gasteiger partial charge in [0.1, 0.15) is 18.1 Å². The van der Waals surface area contributed by atoms with E-state index in [9.17, 15) is 9.59 Å². The molecule has 0 spiro atoms. The SMILES string of the molecule is C/C=C/COC(=O)c1[nH]c2c(c1C)C(=O)C[C@H](c1ccc(OC)cc1)C2. The molecule has 1 heterocycles.